The molecule has 0 radical (unpaired) electrons. The maximum Gasteiger partial charge on any atom is 0.273 e. The summed E-state index contributed by atoms with van der Waals surface area (Å²) in [6.45, 7) is 0. The summed E-state index contributed by atoms with van der Waals surface area (Å²) < 4.78 is 0. The normalized spacial score (nSPS) is 11.7. The van der Waals surface area contributed by atoms with Crippen molar-refractivity contribution >= 4 is 29.9 Å². The fourth-order valence-corrected chi connectivity index (χ4v) is 2.58. The number of aldehydes is 2. The van der Waals surface area contributed by atoms with Gasteiger partial charge in [0.05, 0.1) is 4.92 Å². The van der Waals surface area contributed by atoms with Crippen LogP contribution < -0.4 is 0 Å². The zero-order chi connectivity index (χ0) is 16.8. The minimum absolute atomic E-state index is 0.112. The minimum Gasteiger partial charge on any atom is -0.303 e. The van der Waals surface area contributed by atoms with Crippen LogP contribution in [0.25, 0.3) is 0 Å². The third-order valence-electron chi connectivity index (χ3n) is 3.63. The zero-order valence-corrected chi connectivity index (χ0v) is 12.9. The van der Waals surface area contributed by atoms with Gasteiger partial charge in [-0.15, -0.1) is 0 Å². The smallest absolute Gasteiger partial charge is 0.273 e. The number of halogens is 1. The monoisotopic (exact) mass is 331 g/mol. The van der Waals surface area contributed by atoms with Crippen molar-refractivity contribution in [3.63, 3.8) is 0 Å². The highest BCUT2D eigenvalue weighted by atomic mass is 35.5. The highest BCUT2D eigenvalue weighted by Crippen LogP contribution is 2.29. The Hall–Kier alpha value is -2.53. The summed E-state index contributed by atoms with van der Waals surface area (Å²) >= 11 is 5.86. The standard InChI is InChI=1S/C17H14ClNO4/c18-16-5-3-13(4-6-16)14(7-8-20)10-15-2-1-12(11-21)9-17(15)19(22)23/h1-6,8-9,11,14H,7,10H2/t14-/m1/s1. The third kappa shape index (κ3) is 4.23. The summed E-state index contributed by atoms with van der Waals surface area (Å²) in [7, 11) is 0. The van der Waals surface area contributed by atoms with E-state index in [1.165, 1.54) is 12.1 Å². The largest absolute Gasteiger partial charge is 0.303 e. The summed E-state index contributed by atoms with van der Waals surface area (Å²) in [4.78, 5) is 32.4. The van der Waals surface area contributed by atoms with Gasteiger partial charge in [-0.25, -0.2) is 0 Å². The lowest BCUT2D eigenvalue weighted by Crippen LogP contribution is -2.06. The Morgan fingerprint density at radius 3 is 2.39 bits per heavy atom. The average Bonchev–Trinajstić information content (AvgIpc) is 2.55. The van der Waals surface area contributed by atoms with Crippen LogP contribution in [-0.2, 0) is 11.2 Å². The fraction of sp³-hybridized carbons (Fsp3) is 0.176. The first-order chi connectivity index (χ1) is 11.0. The molecule has 2 aromatic rings. The molecule has 0 unspecified atom stereocenters. The van der Waals surface area contributed by atoms with Crippen molar-refractivity contribution in [3.8, 4) is 0 Å². The molecule has 2 rings (SSSR count). The van der Waals surface area contributed by atoms with E-state index in [0.29, 0.717) is 23.3 Å². The quantitative estimate of drug-likeness (QED) is 0.437. The van der Waals surface area contributed by atoms with E-state index in [2.05, 4.69) is 0 Å². The Bertz CT molecular complexity index is 728. The molecule has 0 aliphatic heterocycles. The van der Waals surface area contributed by atoms with Crippen LogP contribution in [0.5, 0.6) is 0 Å². The predicted octanol–water partition coefficient (Wildman–Crippen LogP) is 3.98. The van der Waals surface area contributed by atoms with Crippen molar-refractivity contribution in [2.75, 3.05) is 0 Å². The van der Waals surface area contributed by atoms with Gasteiger partial charge in [-0.1, -0.05) is 35.9 Å². The predicted molar refractivity (Wildman–Crippen MR) is 87.1 cm³/mol. The second kappa shape index (κ2) is 7.65. The van der Waals surface area contributed by atoms with Crippen molar-refractivity contribution < 1.29 is 14.5 Å². The van der Waals surface area contributed by atoms with Crippen LogP contribution in [0.15, 0.2) is 42.5 Å². The summed E-state index contributed by atoms with van der Waals surface area (Å²) in [5.74, 6) is -0.189. The third-order valence-corrected chi connectivity index (χ3v) is 3.88. The highest BCUT2D eigenvalue weighted by Gasteiger charge is 2.20. The van der Waals surface area contributed by atoms with Crippen LogP contribution in [0.4, 0.5) is 5.69 Å². The van der Waals surface area contributed by atoms with E-state index in [-0.39, 0.29) is 23.6 Å². The maximum atomic E-state index is 11.2. The van der Waals surface area contributed by atoms with Gasteiger partial charge in [0.1, 0.15) is 12.6 Å². The van der Waals surface area contributed by atoms with E-state index >= 15 is 0 Å². The second-order valence-electron chi connectivity index (χ2n) is 5.12. The SMILES string of the molecule is O=CC[C@H](Cc1ccc(C=O)cc1[N+](=O)[O-])c1ccc(Cl)cc1. The molecule has 0 fully saturated rings. The van der Waals surface area contributed by atoms with Crippen LogP contribution in [0.2, 0.25) is 5.02 Å². The number of hydrogen-bond acceptors (Lipinski definition) is 4. The van der Waals surface area contributed by atoms with Gasteiger partial charge < -0.3 is 4.79 Å². The van der Waals surface area contributed by atoms with E-state index in [1.54, 1.807) is 18.2 Å². The maximum absolute atomic E-state index is 11.2. The first-order valence-corrected chi connectivity index (χ1v) is 7.34. The Balaban J connectivity index is 2.36. The van der Waals surface area contributed by atoms with Crippen LogP contribution in [0, 0.1) is 10.1 Å². The molecular weight excluding hydrogens is 318 g/mol. The number of nitro groups is 1. The van der Waals surface area contributed by atoms with E-state index < -0.39 is 4.92 Å². The molecule has 2 aromatic carbocycles. The van der Waals surface area contributed by atoms with Gasteiger partial charge in [0, 0.05) is 28.6 Å². The number of carbonyl (C=O) groups is 2. The topological polar surface area (TPSA) is 77.3 Å². The van der Waals surface area contributed by atoms with Gasteiger partial charge in [0.2, 0.25) is 0 Å². The van der Waals surface area contributed by atoms with Crippen LogP contribution in [0.3, 0.4) is 0 Å². The van der Waals surface area contributed by atoms with Gasteiger partial charge in [-0.2, -0.15) is 0 Å². The number of nitro benzene ring substituents is 1. The molecular formula is C17H14ClNO4. The molecule has 0 amide bonds. The van der Waals surface area contributed by atoms with Crippen LogP contribution >= 0.6 is 11.6 Å². The molecule has 0 saturated carbocycles. The molecule has 0 aromatic heterocycles. The second-order valence-corrected chi connectivity index (χ2v) is 5.55. The summed E-state index contributed by atoms with van der Waals surface area (Å²) in [6, 6.07) is 11.4. The lowest BCUT2D eigenvalue weighted by molar-refractivity contribution is -0.385. The minimum atomic E-state index is -0.512. The number of hydrogen-bond donors (Lipinski definition) is 0. The van der Waals surface area contributed by atoms with Crippen molar-refractivity contribution in [3.05, 3.63) is 74.3 Å². The van der Waals surface area contributed by atoms with Crippen LogP contribution in [0.1, 0.15) is 33.8 Å². The van der Waals surface area contributed by atoms with E-state index in [1.807, 2.05) is 12.1 Å². The Kier molecular flexibility index (Phi) is 5.60. The van der Waals surface area contributed by atoms with Crippen molar-refractivity contribution in [2.45, 2.75) is 18.8 Å². The van der Waals surface area contributed by atoms with E-state index in [9.17, 15) is 19.7 Å². The van der Waals surface area contributed by atoms with Gasteiger partial charge >= 0.3 is 0 Å². The highest BCUT2D eigenvalue weighted by molar-refractivity contribution is 6.30. The van der Waals surface area contributed by atoms with Gasteiger partial charge in [-0.3, -0.25) is 14.9 Å². The molecule has 0 spiro atoms. The summed E-state index contributed by atoms with van der Waals surface area (Å²) in [5, 5.41) is 11.8. The number of rotatable bonds is 7. The zero-order valence-electron chi connectivity index (χ0n) is 12.1. The van der Waals surface area contributed by atoms with Gasteiger partial charge in [-0.05, 0) is 30.0 Å². The summed E-state index contributed by atoms with van der Waals surface area (Å²) in [5.41, 5.74) is 1.51. The molecule has 0 heterocycles. The van der Waals surface area contributed by atoms with Gasteiger partial charge in [0.25, 0.3) is 5.69 Å². The molecule has 118 valence electrons. The molecule has 0 N–H and O–H groups in total. The fourth-order valence-electron chi connectivity index (χ4n) is 2.45. The molecule has 0 aliphatic carbocycles. The van der Waals surface area contributed by atoms with Crippen molar-refractivity contribution in [1.82, 2.24) is 0 Å². The molecule has 1 atom stereocenters. The lowest BCUT2D eigenvalue weighted by Gasteiger charge is -2.15. The first-order valence-electron chi connectivity index (χ1n) is 6.96. The van der Waals surface area contributed by atoms with Crippen molar-refractivity contribution in [1.29, 1.82) is 0 Å². The molecule has 0 bridgehead atoms. The first kappa shape index (κ1) is 16.8. The Morgan fingerprint density at radius 2 is 1.83 bits per heavy atom. The molecule has 0 aliphatic rings. The Labute approximate surface area is 138 Å². The molecule has 0 saturated heterocycles. The number of carbonyl (C=O) groups excluding carboxylic acids is 2. The molecule has 23 heavy (non-hydrogen) atoms. The van der Waals surface area contributed by atoms with E-state index in [0.717, 1.165) is 11.8 Å². The summed E-state index contributed by atoms with van der Waals surface area (Å²) in [6.07, 6.45) is 1.94. The van der Waals surface area contributed by atoms with Crippen molar-refractivity contribution in [2.24, 2.45) is 0 Å². The number of benzene rings is 2. The van der Waals surface area contributed by atoms with Gasteiger partial charge in [0.15, 0.2) is 0 Å². The molecule has 5 nitrogen and oxygen atoms in total. The molecule has 6 heteroatoms. The lowest BCUT2D eigenvalue weighted by atomic mass is 9.89. The Morgan fingerprint density at radius 1 is 1.13 bits per heavy atom. The average molecular weight is 332 g/mol. The number of nitrogens with zero attached hydrogens (tertiary/aromatic N) is 1. The van der Waals surface area contributed by atoms with E-state index in [4.69, 9.17) is 11.6 Å². The van der Waals surface area contributed by atoms with Crippen LogP contribution in [-0.4, -0.2) is 17.5 Å².